The van der Waals surface area contributed by atoms with Crippen LogP contribution in [0.3, 0.4) is 0 Å². The minimum absolute atomic E-state index is 0.101. The molecule has 194 valence electrons. The average Bonchev–Trinajstić information content (AvgIpc) is 2.94. The molecule has 1 fully saturated rings. The fourth-order valence-electron chi connectivity index (χ4n) is 5.13. The van der Waals surface area contributed by atoms with Crippen LogP contribution in [0.15, 0.2) is 78.9 Å². The van der Waals surface area contributed by atoms with Crippen LogP contribution in [0.4, 0.5) is 0 Å². The van der Waals surface area contributed by atoms with Crippen LogP contribution in [0.5, 0.6) is 5.75 Å². The molecule has 0 bridgehead atoms. The number of ether oxygens (including phenoxy) is 1. The van der Waals surface area contributed by atoms with Crippen LogP contribution in [0.2, 0.25) is 0 Å². The number of benzene rings is 3. The van der Waals surface area contributed by atoms with Crippen LogP contribution >= 0.6 is 0 Å². The van der Waals surface area contributed by atoms with Gasteiger partial charge in [-0.3, -0.25) is 9.59 Å². The second-order valence-electron chi connectivity index (χ2n) is 10.0. The number of aryl methyl sites for hydroxylation is 1. The van der Waals surface area contributed by atoms with Gasteiger partial charge in [0.05, 0.1) is 18.9 Å². The third-order valence-corrected chi connectivity index (χ3v) is 7.59. The van der Waals surface area contributed by atoms with Crippen molar-refractivity contribution in [1.29, 1.82) is 0 Å². The molecule has 0 aromatic heterocycles. The van der Waals surface area contributed by atoms with Crippen molar-refractivity contribution in [3.8, 4) is 5.75 Å². The summed E-state index contributed by atoms with van der Waals surface area (Å²) in [5.74, 6) is 0.988. The van der Waals surface area contributed by atoms with Gasteiger partial charge in [0, 0.05) is 19.6 Å². The van der Waals surface area contributed by atoms with Gasteiger partial charge in [-0.25, -0.2) is 0 Å². The van der Waals surface area contributed by atoms with Crippen LogP contribution in [0.1, 0.15) is 42.0 Å². The number of carbonyl (C=O) groups excluding carboxylic acids is 2. The molecule has 0 atom stereocenters. The number of amides is 2. The molecule has 0 unspecified atom stereocenters. The van der Waals surface area contributed by atoms with Crippen molar-refractivity contribution in [1.82, 2.24) is 10.2 Å². The first kappa shape index (κ1) is 26.5. The van der Waals surface area contributed by atoms with E-state index in [-0.39, 0.29) is 11.8 Å². The number of likely N-dealkylation sites (tertiary alicyclic amines) is 1. The highest BCUT2D eigenvalue weighted by molar-refractivity contribution is 5.84. The van der Waals surface area contributed by atoms with Crippen molar-refractivity contribution in [2.75, 3.05) is 26.7 Å². The maximum Gasteiger partial charge on any atom is 0.226 e. The lowest BCUT2D eigenvalue weighted by molar-refractivity contribution is -0.140. The molecule has 0 saturated carbocycles. The Morgan fingerprint density at radius 1 is 0.838 bits per heavy atom. The molecule has 3 aromatic carbocycles. The highest BCUT2D eigenvalue weighted by Gasteiger charge is 2.42. The van der Waals surface area contributed by atoms with E-state index in [0.29, 0.717) is 45.3 Å². The Morgan fingerprint density at radius 3 is 2.08 bits per heavy atom. The number of hydrogen-bond acceptors (Lipinski definition) is 3. The van der Waals surface area contributed by atoms with Gasteiger partial charge in [-0.05, 0) is 66.5 Å². The predicted molar refractivity (Wildman–Crippen MR) is 148 cm³/mol. The molecule has 37 heavy (non-hydrogen) atoms. The average molecular weight is 499 g/mol. The lowest BCUT2D eigenvalue weighted by Gasteiger charge is -2.41. The molecule has 1 saturated heterocycles. The number of hydrogen-bond donors (Lipinski definition) is 1. The van der Waals surface area contributed by atoms with Crippen molar-refractivity contribution in [3.05, 3.63) is 101 Å². The first-order valence-electron chi connectivity index (χ1n) is 13.3. The number of carbonyl (C=O) groups is 2. The molecule has 0 aliphatic carbocycles. The highest BCUT2D eigenvalue weighted by Crippen LogP contribution is 2.36. The van der Waals surface area contributed by atoms with Crippen LogP contribution in [0.25, 0.3) is 0 Å². The highest BCUT2D eigenvalue weighted by atomic mass is 16.5. The molecule has 5 nitrogen and oxygen atoms in total. The number of methoxy groups -OCH3 is 1. The van der Waals surface area contributed by atoms with Crippen molar-refractivity contribution < 1.29 is 14.3 Å². The Bertz CT molecular complexity index is 1150. The minimum Gasteiger partial charge on any atom is -0.497 e. The van der Waals surface area contributed by atoms with E-state index in [4.69, 9.17) is 4.74 Å². The Labute approximate surface area is 220 Å². The Morgan fingerprint density at radius 2 is 1.46 bits per heavy atom. The minimum atomic E-state index is -0.510. The fraction of sp³-hybridized carbons (Fsp3) is 0.375. The number of nitrogens with one attached hydrogen (secondary N) is 1. The van der Waals surface area contributed by atoms with E-state index in [1.54, 1.807) is 7.11 Å². The third-order valence-electron chi connectivity index (χ3n) is 7.59. The summed E-state index contributed by atoms with van der Waals surface area (Å²) >= 11 is 0. The van der Waals surface area contributed by atoms with Gasteiger partial charge in [-0.2, -0.15) is 0 Å². The topological polar surface area (TPSA) is 58.6 Å². The molecule has 3 aromatic rings. The molecule has 1 N–H and O–H groups in total. The lowest BCUT2D eigenvalue weighted by Crippen LogP contribution is -2.51. The van der Waals surface area contributed by atoms with Crippen LogP contribution in [-0.4, -0.2) is 43.5 Å². The quantitative estimate of drug-likeness (QED) is 0.428. The molecule has 1 aliphatic rings. The number of nitrogens with zero attached hydrogens (tertiary/aromatic N) is 1. The largest absolute Gasteiger partial charge is 0.497 e. The molecule has 5 heteroatoms. The molecular weight excluding hydrogens is 460 g/mol. The van der Waals surface area contributed by atoms with Gasteiger partial charge < -0.3 is 15.0 Å². The summed E-state index contributed by atoms with van der Waals surface area (Å²) in [7, 11) is 1.63. The lowest BCUT2D eigenvalue weighted by atomic mass is 9.72. The molecule has 1 aliphatic heterocycles. The van der Waals surface area contributed by atoms with Gasteiger partial charge in [0.2, 0.25) is 11.8 Å². The summed E-state index contributed by atoms with van der Waals surface area (Å²) in [5.41, 5.74) is 4.17. The summed E-state index contributed by atoms with van der Waals surface area (Å²) in [4.78, 5) is 28.6. The first-order chi connectivity index (χ1) is 18.0. The summed E-state index contributed by atoms with van der Waals surface area (Å²) in [5, 5.41) is 3.23. The number of rotatable bonds is 10. The van der Waals surface area contributed by atoms with Gasteiger partial charge in [0.15, 0.2) is 0 Å². The van der Waals surface area contributed by atoms with Crippen LogP contribution < -0.4 is 10.1 Å². The van der Waals surface area contributed by atoms with Crippen molar-refractivity contribution >= 4 is 11.8 Å². The zero-order valence-electron chi connectivity index (χ0n) is 22.0. The van der Waals surface area contributed by atoms with E-state index < -0.39 is 5.41 Å². The van der Waals surface area contributed by atoms with E-state index in [1.165, 1.54) is 11.1 Å². The zero-order valence-corrected chi connectivity index (χ0v) is 22.0. The number of piperidine rings is 1. The second kappa shape index (κ2) is 12.6. The summed E-state index contributed by atoms with van der Waals surface area (Å²) < 4.78 is 5.21. The molecule has 0 spiro atoms. The monoisotopic (exact) mass is 498 g/mol. The molecular formula is C32H38N2O3. The fourth-order valence-corrected chi connectivity index (χ4v) is 5.13. The normalized spacial score (nSPS) is 14.7. The van der Waals surface area contributed by atoms with Gasteiger partial charge in [-0.15, -0.1) is 0 Å². The molecule has 2 amide bonds. The molecule has 1 heterocycles. The summed E-state index contributed by atoms with van der Waals surface area (Å²) in [6.07, 6.45) is 4.20. The van der Waals surface area contributed by atoms with Crippen molar-refractivity contribution in [2.45, 2.75) is 45.4 Å². The van der Waals surface area contributed by atoms with Crippen LogP contribution in [-0.2, 0) is 35.3 Å². The predicted octanol–water partition coefficient (Wildman–Crippen LogP) is 5.01. The maximum absolute atomic E-state index is 13.6. The van der Waals surface area contributed by atoms with Gasteiger partial charge in [-0.1, -0.05) is 73.7 Å². The third kappa shape index (κ3) is 7.00. The molecule has 0 radical (unpaired) electrons. The van der Waals surface area contributed by atoms with E-state index in [9.17, 15) is 9.59 Å². The van der Waals surface area contributed by atoms with Crippen molar-refractivity contribution in [2.24, 2.45) is 5.41 Å². The second-order valence-corrected chi connectivity index (χ2v) is 10.0. The SMILES string of the molecule is CCc1ccc(CCNC(=O)C2(Cc3ccccc3)CCN(C(=O)Cc3ccc(OC)cc3)CC2)cc1. The standard InChI is InChI=1S/C32H38N2O3/c1-3-25-9-11-26(12-10-25)17-20-33-31(36)32(24-28-7-5-4-6-8-28)18-21-34(22-19-32)30(35)23-27-13-15-29(37-2)16-14-27/h4-16H,3,17-24H2,1-2H3,(H,33,36). The van der Waals surface area contributed by atoms with E-state index in [2.05, 4.69) is 48.6 Å². The van der Waals surface area contributed by atoms with E-state index >= 15 is 0 Å². The van der Waals surface area contributed by atoms with Gasteiger partial charge in [0.25, 0.3) is 0 Å². The van der Waals surface area contributed by atoms with E-state index in [0.717, 1.165) is 29.7 Å². The Kier molecular flexibility index (Phi) is 8.99. The van der Waals surface area contributed by atoms with Crippen LogP contribution in [0, 0.1) is 5.41 Å². The van der Waals surface area contributed by atoms with Gasteiger partial charge in [0.1, 0.15) is 5.75 Å². The van der Waals surface area contributed by atoms with Gasteiger partial charge >= 0.3 is 0 Å². The summed E-state index contributed by atoms with van der Waals surface area (Å²) in [6.45, 7) is 3.95. The molecule has 4 rings (SSSR count). The smallest absolute Gasteiger partial charge is 0.226 e. The van der Waals surface area contributed by atoms with E-state index in [1.807, 2.05) is 47.4 Å². The van der Waals surface area contributed by atoms with Crippen molar-refractivity contribution in [3.63, 3.8) is 0 Å². The summed E-state index contributed by atoms with van der Waals surface area (Å²) in [6, 6.07) is 26.5. The Balaban J connectivity index is 1.38. The zero-order chi connectivity index (χ0) is 26.1. The Hall–Kier alpha value is -3.60. The maximum atomic E-state index is 13.6. The first-order valence-corrected chi connectivity index (χ1v) is 13.3.